The third-order valence-corrected chi connectivity index (χ3v) is 7.77. The minimum absolute atomic E-state index is 0.0369. The quantitative estimate of drug-likeness (QED) is 0.479. The maximum Gasteiger partial charge on any atom is 0.430 e. The summed E-state index contributed by atoms with van der Waals surface area (Å²) >= 11 is 6.37. The fraction of sp³-hybridized carbons (Fsp3) is 0.500. The van der Waals surface area contributed by atoms with Gasteiger partial charge in [-0.05, 0) is 49.3 Å². The second-order valence-corrected chi connectivity index (χ2v) is 11.0. The van der Waals surface area contributed by atoms with E-state index >= 15 is 0 Å². The lowest BCUT2D eigenvalue weighted by Gasteiger charge is -2.41. The third-order valence-electron chi connectivity index (χ3n) is 7.46. The van der Waals surface area contributed by atoms with Crippen LogP contribution in [0.4, 0.5) is 18.9 Å². The van der Waals surface area contributed by atoms with Gasteiger partial charge in [-0.15, -0.1) is 0 Å². The molecule has 38 heavy (non-hydrogen) atoms. The van der Waals surface area contributed by atoms with Crippen LogP contribution in [-0.2, 0) is 10.4 Å². The largest absolute Gasteiger partial charge is 0.430 e. The number of carbonyl (C=O) groups excluding carboxylic acids is 2. The zero-order chi connectivity index (χ0) is 28.3. The van der Waals surface area contributed by atoms with Gasteiger partial charge in [-0.1, -0.05) is 48.9 Å². The van der Waals surface area contributed by atoms with E-state index in [0.29, 0.717) is 17.0 Å². The van der Waals surface area contributed by atoms with E-state index in [9.17, 15) is 27.9 Å². The lowest BCUT2D eigenvalue weighted by molar-refractivity contribution is -0.261. The zero-order valence-corrected chi connectivity index (χ0v) is 22.9. The normalized spacial score (nSPS) is 17.0. The molecule has 1 aliphatic rings. The smallest absolute Gasteiger partial charge is 0.371 e. The van der Waals surface area contributed by atoms with Crippen LogP contribution in [0.25, 0.3) is 0 Å². The van der Waals surface area contributed by atoms with Crippen molar-refractivity contribution in [2.75, 3.05) is 45.7 Å². The van der Waals surface area contributed by atoms with E-state index in [0.717, 1.165) is 55.1 Å². The average molecular weight is 554 g/mol. The molecule has 1 heterocycles. The Kier molecular flexibility index (Phi) is 9.04. The third kappa shape index (κ3) is 6.26. The SMILES string of the molecule is CN(C)C(=O)c1ccc(N2CCC(C)(CCCN(C)C(=O)C(O)(c3ccccc3)C(F)(F)F)CC2)cc1Cl. The lowest BCUT2D eigenvalue weighted by Crippen LogP contribution is -2.55. The van der Waals surface area contributed by atoms with Crippen molar-refractivity contribution in [3.8, 4) is 0 Å². The molecule has 0 saturated carbocycles. The molecule has 208 valence electrons. The molecule has 0 aliphatic carbocycles. The van der Waals surface area contributed by atoms with E-state index in [1.165, 1.54) is 30.1 Å². The highest BCUT2D eigenvalue weighted by Gasteiger charge is 2.61. The number of aliphatic hydroxyl groups is 1. The highest BCUT2D eigenvalue weighted by atomic mass is 35.5. The predicted molar refractivity (Wildman–Crippen MR) is 142 cm³/mol. The molecule has 0 bridgehead atoms. The van der Waals surface area contributed by atoms with Crippen LogP contribution in [0.2, 0.25) is 5.02 Å². The molecule has 1 saturated heterocycles. The number of carbonyl (C=O) groups is 2. The molecule has 0 spiro atoms. The monoisotopic (exact) mass is 553 g/mol. The number of halogens is 4. The van der Waals surface area contributed by atoms with E-state index in [2.05, 4.69) is 11.8 Å². The fourth-order valence-corrected chi connectivity index (χ4v) is 5.13. The van der Waals surface area contributed by atoms with Crippen LogP contribution in [-0.4, -0.2) is 73.7 Å². The van der Waals surface area contributed by atoms with Crippen LogP contribution in [0.15, 0.2) is 48.5 Å². The summed E-state index contributed by atoms with van der Waals surface area (Å²) in [5, 5.41) is 10.9. The van der Waals surface area contributed by atoms with Gasteiger partial charge >= 0.3 is 6.18 Å². The standard InChI is InChI=1S/C28H35ClF3N3O3/c1-26(14-17-35(18-15-26)21-11-12-22(23(29)19-21)24(36)33(2)3)13-8-16-34(4)25(37)27(38,28(30,31)32)20-9-6-5-7-10-20/h5-7,9-12,19,38H,8,13-18H2,1-4H3. The Labute approximate surface area is 227 Å². The minimum atomic E-state index is -5.15. The van der Waals surface area contributed by atoms with Crippen LogP contribution in [0.3, 0.4) is 0 Å². The molecule has 2 amide bonds. The van der Waals surface area contributed by atoms with Crippen LogP contribution in [0, 0.1) is 5.41 Å². The van der Waals surface area contributed by atoms with E-state index in [-0.39, 0.29) is 17.9 Å². The molecule has 1 aliphatic heterocycles. The number of likely N-dealkylation sites (N-methyl/N-ethyl adjacent to an activating group) is 1. The van der Waals surface area contributed by atoms with Gasteiger partial charge in [0.15, 0.2) is 0 Å². The number of amides is 2. The first-order chi connectivity index (χ1) is 17.7. The number of alkyl halides is 3. The van der Waals surface area contributed by atoms with Gasteiger partial charge in [0.1, 0.15) is 0 Å². The van der Waals surface area contributed by atoms with Crippen molar-refractivity contribution >= 4 is 29.1 Å². The van der Waals surface area contributed by atoms with Crippen molar-refractivity contribution in [1.82, 2.24) is 9.80 Å². The Morgan fingerprint density at radius 2 is 1.66 bits per heavy atom. The van der Waals surface area contributed by atoms with Crippen molar-refractivity contribution in [2.45, 2.75) is 44.4 Å². The summed E-state index contributed by atoms with van der Waals surface area (Å²) in [5.74, 6) is -1.54. The van der Waals surface area contributed by atoms with Gasteiger partial charge in [0.25, 0.3) is 17.4 Å². The van der Waals surface area contributed by atoms with Crippen molar-refractivity contribution in [3.05, 3.63) is 64.7 Å². The molecule has 1 unspecified atom stereocenters. The highest BCUT2D eigenvalue weighted by molar-refractivity contribution is 6.34. The maximum absolute atomic E-state index is 13.8. The number of hydrogen-bond acceptors (Lipinski definition) is 4. The Balaban J connectivity index is 1.57. The van der Waals surface area contributed by atoms with Gasteiger partial charge in [-0.3, -0.25) is 9.59 Å². The number of piperidine rings is 1. The van der Waals surface area contributed by atoms with Crippen LogP contribution >= 0.6 is 11.6 Å². The molecule has 2 aromatic rings. The first-order valence-corrected chi connectivity index (χ1v) is 12.9. The fourth-order valence-electron chi connectivity index (χ4n) is 4.88. The van der Waals surface area contributed by atoms with Crippen LogP contribution in [0.1, 0.15) is 48.5 Å². The van der Waals surface area contributed by atoms with Gasteiger partial charge in [0.05, 0.1) is 10.6 Å². The molecule has 10 heteroatoms. The Morgan fingerprint density at radius 1 is 1.05 bits per heavy atom. The Bertz CT molecular complexity index is 1140. The van der Waals surface area contributed by atoms with E-state index in [4.69, 9.17) is 11.6 Å². The average Bonchev–Trinajstić information content (AvgIpc) is 2.87. The van der Waals surface area contributed by atoms with Crippen molar-refractivity contribution in [1.29, 1.82) is 0 Å². The van der Waals surface area contributed by atoms with E-state index in [1.807, 2.05) is 6.07 Å². The Hall–Kier alpha value is -2.78. The summed E-state index contributed by atoms with van der Waals surface area (Å²) in [7, 11) is 4.64. The molecular weight excluding hydrogens is 519 g/mol. The van der Waals surface area contributed by atoms with Gasteiger partial charge in [0.2, 0.25) is 0 Å². The summed E-state index contributed by atoms with van der Waals surface area (Å²) < 4.78 is 41.5. The second-order valence-electron chi connectivity index (χ2n) is 10.6. The van der Waals surface area contributed by atoms with Crippen molar-refractivity contribution in [2.24, 2.45) is 5.41 Å². The first kappa shape index (κ1) is 29.8. The number of benzene rings is 2. The van der Waals surface area contributed by atoms with Gasteiger partial charge < -0.3 is 19.8 Å². The van der Waals surface area contributed by atoms with Gasteiger partial charge in [-0.25, -0.2) is 0 Å². The molecule has 2 aromatic carbocycles. The molecule has 0 aromatic heterocycles. The van der Waals surface area contributed by atoms with Crippen molar-refractivity contribution < 1.29 is 27.9 Å². The number of nitrogens with zero attached hydrogens (tertiary/aromatic N) is 3. The van der Waals surface area contributed by atoms with E-state index < -0.39 is 23.2 Å². The van der Waals surface area contributed by atoms with Gasteiger partial charge in [-0.2, -0.15) is 13.2 Å². The topological polar surface area (TPSA) is 64.1 Å². The number of rotatable bonds is 8. The van der Waals surface area contributed by atoms with Crippen LogP contribution in [0.5, 0.6) is 0 Å². The Morgan fingerprint density at radius 3 is 2.18 bits per heavy atom. The molecule has 1 atom stereocenters. The predicted octanol–water partition coefficient (Wildman–Crippen LogP) is 5.34. The minimum Gasteiger partial charge on any atom is -0.371 e. The second kappa shape index (κ2) is 11.5. The summed E-state index contributed by atoms with van der Waals surface area (Å²) in [6.07, 6.45) is -2.20. The molecule has 6 nitrogen and oxygen atoms in total. The highest BCUT2D eigenvalue weighted by Crippen LogP contribution is 2.41. The summed E-state index contributed by atoms with van der Waals surface area (Å²) in [4.78, 5) is 29.7. The maximum atomic E-state index is 13.8. The summed E-state index contributed by atoms with van der Waals surface area (Å²) in [6.45, 7) is 3.78. The molecular formula is C28H35ClF3N3O3. The molecule has 0 radical (unpaired) electrons. The lowest BCUT2D eigenvalue weighted by atomic mass is 9.76. The van der Waals surface area contributed by atoms with Crippen LogP contribution < -0.4 is 4.90 Å². The number of hydrogen-bond donors (Lipinski definition) is 1. The van der Waals surface area contributed by atoms with E-state index in [1.54, 1.807) is 26.2 Å². The first-order valence-electron chi connectivity index (χ1n) is 12.6. The summed E-state index contributed by atoms with van der Waals surface area (Å²) in [5.41, 5.74) is -2.74. The summed E-state index contributed by atoms with van der Waals surface area (Å²) in [6, 6.07) is 11.9. The van der Waals surface area contributed by atoms with Gasteiger partial charge in [0, 0.05) is 52.0 Å². The molecule has 1 N–H and O–H groups in total. The van der Waals surface area contributed by atoms with Crippen molar-refractivity contribution in [3.63, 3.8) is 0 Å². The zero-order valence-electron chi connectivity index (χ0n) is 22.2. The molecule has 1 fully saturated rings. The number of anilines is 1. The molecule has 3 rings (SSSR count).